The second-order valence-electron chi connectivity index (χ2n) is 7.62. The summed E-state index contributed by atoms with van der Waals surface area (Å²) in [5, 5.41) is 9.17. The Morgan fingerprint density at radius 3 is 2.63 bits per heavy atom. The number of aliphatic carboxylic acids is 1. The molecule has 1 atom stereocenters. The van der Waals surface area contributed by atoms with Crippen LogP contribution < -0.4 is 0 Å². The summed E-state index contributed by atoms with van der Waals surface area (Å²) in [4.78, 5) is 39.8. The van der Waals surface area contributed by atoms with Gasteiger partial charge in [0.15, 0.2) is 0 Å². The zero-order chi connectivity index (χ0) is 19.6. The van der Waals surface area contributed by atoms with Crippen molar-refractivity contribution in [3.63, 3.8) is 0 Å². The molecule has 1 aliphatic heterocycles. The molecular formula is C20H25FN2O4. The van der Waals surface area contributed by atoms with Gasteiger partial charge in [-0.15, -0.1) is 0 Å². The van der Waals surface area contributed by atoms with E-state index in [1.165, 1.54) is 21.9 Å². The van der Waals surface area contributed by atoms with Gasteiger partial charge in [-0.25, -0.2) is 4.39 Å². The molecule has 1 aliphatic carbocycles. The molecule has 2 amide bonds. The van der Waals surface area contributed by atoms with Crippen LogP contribution in [0.3, 0.4) is 0 Å². The highest BCUT2D eigenvalue weighted by Crippen LogP contribution is 2.45. The molecule has 1 saturated heterocycles. The molecule has 7 heteroatoms. The Balaban J connectivity index is 1.68. The highest BCUT2D eigenvalue weighted by Gasteiger charge is 2.47. The molecule has 3 rings (SSSR count). The van der Waals surface area contributed by atoms with Crippen molar-refractivity contribution < 1.29 is 23.9 Å². The average molecular weight is 376 g/mol. The van der Waals surface area contributed by atoms with Gasteiger partial charge in [-0.3, -0.25) is 14.4 Å². The second-order valence-corrected chi connectivity index (χ2v) is 7.62. The molecule has 1 saturated carbocycles. The van der Waals surface area contributed by atoms with Crippen LogP contribution in [0.15, 0.2) is 24.3 Å². The van der Waals surface area contributed by atoms with Crippen molar-refractivity contribution in [2.24, 2.45) is 5.92 Å². The Bertz CT molecular complexity index is 747. The first-order valence-electron chi connectivity index (χ1n) is 9.36. The van der Waals surface area contributed by atoms with Gasteiger partial charge in [0.2, 0.25) is 11.8 Å². The maximum Gasteiger partial charge on any atom is 0.308 e. The van der Waals surface area contributed by atoms with Crippen molar-refractivity contribution >= 4 is 17.8 Å². The number of carbonyl (C=O) groups is 3. The third-order valence-corrected chi connectivity index (χ3v) is 5.84. The van der Waals surface area contributed by atoms with Gasteiger partial charge in [0.1, 0.15) is 5.82 Å². The van der Waals surface area contributed by atoms with Crippen LogP contribution in [0.25, 0.3) is 0 Å². The van der Waals surface area contributed by atoms with Crippen molar-refractivity contribution in [1.29, 1.82) is 0 Å². The molecule has 1 aromatic rings. The lowest BCUT2D eigenvalue weighted by Gasteiger charge is -2.43. The van der Waals surface area contributed by atoms with Gasteiger partial charge in [-0.05, 0) is 43.4 Å². The summed E-state index contributed by atoms with van der Waals surface area (Å²) in [6.45, 7) is 0.604. The number of piperidine rings is 1. The number of likely N-dealkylation sites (N-methyl/N-ethyl adjacent to an activating group) is 1. The molecule has 1 heterocycles. The van der Waals surface area contributed by atoms with Crippen LogP contribution in [0.4, 0.5) is 4.39 Å². The van der Waals surface area contributed by atoms with Crippen LogP contribution in [0.2, 0.25) is 0 Å². The molecule has 2 fully saturated rings. The molecule has 2 aliphatic rings. The number of hydrogen-bond acceptors (Lipinski definition) is 3. The van der Waals surface area contributed by atoms with E-state index in [9.17, 15) is 18.8 Å². The highest BCUT2D eigenvalue weighted by atomic mass is 19.1. The van der Waals surface area contributed by atoms with Gasteiger partial charge >= 0.3 is 5.97 Å². The van der Waals surface area contributed by atoms with Crippen LogP contribution in [0.5, 0.6) is 0 Å². The summed E-state index contributed by atoms with van der Waals surface area (Å²) in [5.41, 5.74) is -0.107. The van der Waals surface area contributed by atoms with E-state index in [2.05, 4.69) is 0 Å². The number of halogens is 1. The summed E-state index contributed by atoms with van der Waals surface area (Å²) < 4.78 is 13.6. The fourth-order valence-electron chi connectivity index (χ4n) is 4.09. The van der Waals surface area contributed by atoms with Crippen molar-refractivity contribution in [3.05, 3.63) is 35.6 Å². The molecule has 1 N–H and O–H groups in total. The third kappa shape index (κ3) is 3.82. The number of benzene rings is 1. The minimum Gasteiger partial charge on any atom is -0.481 e. The van der Waals surface area contributed by atoms with E-state index in [4.69, 9.17) is 5.11 Å². The number of carboxylic acid groups (broad SMARTS) is 1. The Morgan fingerprint density at radius 2 is 2.04 bits per heavy atom. The molecule has 0 radical (unpaired) electrons. The minimum atomic E-state index is -0.892. The minimum absolute atomic E-state index is 0.0950. The number of rotatable bonds is 5. The number of carbonyl (C=O) groups excluding carboxylic acids is 2. The summed E-state index contributed by atoms with van der Waals surface area (Å²) in [7, 11) is 1.58. The lowest BCUT2D eigenvalue weighted by molar-refractivity contribution is -0.149. The van der Waals surface area contributed by atoms with Gasteiger partial charge in [-0.2, -0.15) is 0 Å². The molecule has 0 bridgehead atoms. The second kappa shape index (κ2) is 7.66. The first kappa shape index (κ1) is 19.3. The summed E-state index contributed by atoms with van der Waals surface area (Å²) >= 11 is 0. The summed E-state index contributed by atoms with van der Waals surface area (Å²) in [6.07, 6.45) is 3.37. The number of likely N-dealkylation sites (tertiary alicyclic amines) is 1. The van der Waals surface area contributed by atoms with Crippen LogP contribution in [0.1, 0.15) is 37.7 Å². The Kier molecular flexibility index (Phi) is 5.48. The number of hydrogen-bond donors (Lipinski definition) is 1. The molecule has 1 aromatic carbocycles. The van der Waals surface area contributed by atoms with Gasteiger partial charge in [0, 0.05) is 20.1 Å². The van der Waals surface area contributed by atoms with Crippen LogP contribution in [-0.4, -0.2) is 59.4 Å². The van der Waals surface area contributed by atoms with Gasteiger partial charge < -0.3 is 14.9 Å². The molecule has 146 valence electrons. The topological polar surface area (TPSA) is 77.9 Å². The number of carboxylic acids is 1. The predicted molar refractivity (Wildman–Crippen MR) is 96.5 cm³/mol. The van der Waals surface area contributed by atoms with E-state index in [-0.39, 0.29) is 30.7 Å². The van der Waals surface area contributed by atoms with Crippen molar-refractivity contribution in [3.8, 4) is 0 Å². The van der Waals surface area contributed by atoms with Gasteiger partial charge in [-0.1, -0.05) is 18.6 Å². The van der Waals surface area contributed by atoms with E-state index >= 15 is 0 Å². The summed E-state index contributed by atoms with van der Waals surface area (Å²) in [5.74, 6) is -2.24. The fourth-order valence-corrected chi connectivity index (χ4v) is 4.09. The zero-order valence-corrected chi connectivity index (χ0v) is 15.5. The first-order chi connectivity index (χ1) is 12.8. The number of amides is 2. The van der Waals surface area contributed by atoms with E-state index in [1.807, 2.05) is 0 Å². The lowest BCUT2D eigenvalue weighted by atomic mass is 9.63. The first-order valence-corrected chi connectivity index (χ1v) is 9.36. The van der Waals surface area contributed by atoms with Crippen LogP contribution in [-0.2, 0) is 19.8 Å². The Morgan fingerprint density at radius 1 is 1.30 bits per heavy atom. The molecule has 0 spiro atoms. The van der Waals surface area contributed by atoms with E-state index < -0.39 is 17.3 Å². The maximum absolute atomic E-state index is 13.6. The molecule has 27 heavy (non-hydrogen) atoms. The van der Waals surface area contributed by atoms with E-state index in [0.29, 0.717) is 37.8 Å². The van der Waals surface area contributed by atoms with Crippen LogP contribution >= 0.6 is 0 Å². The maximum atomic E-state index is 13.6. The van der Waals surface area contributed by atoms with E-state index in [1.54, 1.807) is 19.2 Å². The average Bonchev–Trinajstić information content (AvgIpc) is 2.60. The largest absolute Gasteiger partial charge is 0.481 e. The van der Waals surface area contributed by atoms with Crippen molar-refractivity contribution in [2.45, 2.75) is 37.5 Å². The van der Waals surface area contributed by atoms with Crippen molar-refractivity contribution in [1.82, 2.24) is 9.80 Å². The third-order valence-electron chi connectivity index (χ3n) is 5.84. The van der Waals surface area contributed by atoms with Gasteiger partial charge in [0.25, 0.3) is 0 Å². The Labute approximate surface area is 157 Å². The Hall–Kier alpha value is -2.44. The zero-order valence-electron chi connectivity index (χ0n) is 15.5. The normalized spacial score (nSPS) is 21.3. The predicted octanol–water partition coefficient (Wildman–Crippen LogP) is 2.03. The van der Waals surface area contributed by atoms with E-state index in [0.717, 1.165) is 6.42 Å². The smallest absolute Gasteiger partial charge is 0.308 e. The quantitative estimate of drug-likeness (QED) is 0.853. The molecule has 1 unspecified atom stereocenters. The SMILES string of the molecule is CN(CC(=O)N1CCCC(C(=O)O)C1)C(=O)C1(c2cccc(F)c2)CCC1. The lowest BCUT2D eigenvalue weighted by Crippen LogP contribution is -2.53. The van der Waals surface area contributed by atoms with Crippen LogP contribution in [0, 0.1) is 11.7 Å². The van der Waals surface area contributed by atoms with Gasteiger partial charge in [0.05, 0.1) is 17.9 Å². The standard InChI is InChI=1S/C20H25FN2O4/c1-22(13-17(24)23-10-3-5-14(12-23)18(25)26)19(27)20(8-4-9-20)15-6-2-7-16(21)11-15/h2,6-7,11,14H,3-5,8-10,12-13H2,1H3,(H,25,26). The highest BCUT2D eigenvalue weighted by molar-refractivity contribution is 5.92. The fraction of sp³-hybridized carbons (Fsp3) is 0.550. The summed E-state index contributed by atoms with van der Waals surface area (Å²) in [6, 6.07) is 6.11. The molecular weight excluding hydrogens is 351 g/mol. The molecule has 0 aromatic heterocycles. The number of nitrogens with zero attached hydrogens (tertiary/aromatic N) is 2. The van der Waals surface area contributed by atoms with Crippen molar-refractivity contribution in [2.75, 3.05) is 26.7 Å². The molecule has 6 nitrogen and oxygen atoms in total. The monoisotopic (exact) mass is 376 g/mol.